The topological polar surface area (TPSA) is 253 Å². The highest BCUT2D eigenvalue weighted by atomic mass is 32.2. The maximum absolute atomic E-state index is 13.3. The van der Waals surface area contributed by atoms with E-state index in [2.05, 4.69) is 20.4 Å². The van der Waals surface area contributed by atoms with Crippen LogP contribution in [0.1, 0.15) is 39.3 Å². The number of carboxylic acids is 2. The summed E-state index contributed by atoms with van der Waals surface area (Å²) in [6, 6.07) is 0.477. The van der Waals surface area contributed by atoms with Crippen LogP contribution in [0.4, 0.5) is 16.8 Å². The Hall–Kier alpha value is -4.10. The van der Waals surface area contributed by atoms with Crippen molar-refractivity contribution in [3.63, 3.8) is 0 Å². The predicted molar refractivity (Wildman–Crippen MR) is 164 cm³/mol. The monoisotopic (exact) mass is 666 g/mol. The Morgan fingerprint density at radius 3 is 2.61 bits per heavy atom. The molecule has 2 atom stereocenters. The number of hydrogen-bond acceptors (Lipinski definition) is 14. The maximum atomic E-state index is 13.3. The highest BCUT2D eigenvalue weighted by Crippen LogP contribution is 2.41. The second-order valence-electron chi connectivity index (χ2n) is 10.2. The Kier molecular flexibility index (Phi) is 9.89. The van der Waals surface area contributed by atoms with E-state index in [0.717, 1.165) is 29.1 Å². The number of thioether (sulfide) groups is 2. The molecule has 4 rings (SSSR count). The number of unbranched alkanes of at least 4 members (excludes halogenated alkanes) is 1. The number of nitrogens with one attached hydrogen (secondary N) is 1. The Morgan fingerprint density at radius 1 is 1.27 bits per heavy atom. The first-order valence-electron chi connectivity index (χ1n) is 13.3. The summed E-state index contributed by atoms with van der Waals surface area (Å²) < 4.78 is 1.82. The number of aromatic nitrogens is 3. The third-order valence-corrected chi connectivity index (χ3v) is 9.65. The van der Waals surface area contributed by atoms with Gasteiger partial charge in [0.2, 0.25) is 17.2 Å². The molecule has 0 unspecified atom stereocenters. The summed E-state index contributed by atoms with van der Waals surface area (Å²) in [5.74, 6) is -2.97. The number of hydrogen-bond donors (Lipinski definition) is 6. The molecule has 16 nitrogen and oxygen atoms in total. The summed E-state index contributed by atoms with van der Waals surface area (Å²) in [6.07, 6.45) is 1.79. The van der Waals surface area contributed by atoms with Crippen LogP contribution in [0.2, 0.25) is 0 Å². The number of nitrogens with two attached hydrogens (primary N) is 3. The summed E-state index contributed by atoms with van der Waals surface area (Å²) in [4.78, 5) is 65.0. The van der Waals surface area contributed by atoms with Crippen LogP contribution in [0, 0.1) is 0 Å². The average Bonchev–Trinajstić information content (AvgIpc) is 3.38. The van der Waals surface area contributed by atoms with E-state index < -0.39 is 46.5 Å². The number of carboxylic acid groups (broad SMARTS) is 2. The number of carbonyl (C=O) groups is 4. The van der Waals surface area contributed by atoms with Gasteiger partial charge in [-0.2, -0.15) is 0 Å². The van der Waals surface area contributed by atoms with Crippen LogP contribution in [0.3, 0.4) is 0 Å². The van der Waals surface area contributed by atoms with Gasteiger partial charge in [0, 0.05) is 16.9 Å². The lowest BCUT2D eigenvalue weighted by atomic mass is 10.0. The number of oxime groups is 1. The molecule has 0 aromatic carbocycles. The van der Waals surface area contributed by atoms with Gasteiger partial charge >= 0.3 is 17.1 Å². The molecule has 0 spiro atoms. The van der Waals surface area contributed by atoms with E-state index in [9.17, 15) is 29.4 Å². The first-order valence-corrected chi connectivity index (χ1v) is 16.2. The van der Waals surface area contributed by atoms with E-state index in [1.165, 1.54) is 42.8 Å². The van der Waals surface area contributed by atoms with Crippen molar-refractivity contribution in [1.29, 1.82) is 0 Å². The van der Waals surface area contributed by atoms with Crippen molar-refractivity contribution < 1.29 is 38.8 Å². The smallest absolute Gasteiger partial charge is 0.352 e. The lowest BCUT2D eigenvalue weighted by Gasteiger charge is -2.49. The van der Waals surface area contributed by atoms with Crippen LogP contribution >= 0.6 is 34.9 Å². The molecule has 1 saturated heterocycles. The molecule has 4 heterocycles. The molecule has 2 aliphatic rings. The number of carbonyl (C=O) groups excluding carboxylic acids is 2. The van der Waals surface area contributed by atoms with Gasteiger partial charge < -0.3 is 37.6 Å². The lowest BCUT2D eigenvalue weighted by Crippen LogP contribution is -2.71. The first-order chi connectivity index (χ1) is 20.7. The number of thiazole rings is 1. The largest absolute Gasteiger partial charge is 0.478 e. The van der Waals surface area contributed by atoms with Crippen LogP contribution in [-0.4, -0.2) is 83.1 Å². The minimum atomic E-state index is -1.77. The Labute approximate surface area is 264 Å². The van der Waals surface area contributed by atoms with E-state index in [-0.39, 0.29) is 33.8 Å². The van der Waals surface area contributed by atoms with Gasteiger partial charge in [-0.25, -0.2) is 19.1 Å². The zero-order chi connectivity index (χ0) is 32.3. The summed E-state index contributed by atoms with van der Waals surface area (Å²) in [6.45, 7) is 5.15. The molecule has 2 amide bonds. The van der Waals surface area contributed by atoms with Crippen molar-refractivity contribution in [3.8, 4) is 0 Å². The van der Waals surface area contributed by atoms with Crippen molar-refractivity contribution >= 4 is 81.1 Å². The second-order valence-corrected chi connectivity index (χ2v) is 13.2. The van der Waals surface area contributed by atoms with Crippen LogP contribution in [0.15, 0.2) is 33.0 Å². The van der Waals surface area contributed by atoms with Gasteiger partial charge in [0.1, 0.15) is 22.8 Å². The third-order valence-electron chi connectivity index (χ3n) is 6.57. The Bertz CT molecular complexity index is 1560. The number of nitrogens with zero attached hydrogens (tertiary/aromatic N) is 5. The highest BCUT2D eigenvalue weighted by molar-refractivity contribution is 8.01. The Morgan fingerprint density at radius 2 is 2.00 bits per heavy atom. The van der Waals surface area contributed by atoms with Crippen LogP contribution in [0.5, 0.6) is 0 Å². The molecule has 0 bridgehead atoms. The summed E-state index contributed by atoms with van der Waals surface area (Å²) in [5, 5.41) is 27.1. The van der Waals surface area contributed by atoms with Gasteiger partial charge in [-0.15, -0.1) is 23.1 Å². The number of aliphatic carboxylic acids is 2. The Balaban J connectivity index is 1.53. The number of β-lactam (4-membered cyclic amide) rings is 1. The zero-order valence-corrected chi connectivity index (χ0v) is 26.4. The molecule has 2 aromatic heterocycles. The van der Waals surface area contributed by atoms with E-state index >= 15 is 0 Å². The normalized spacial score (nSPS) is 18.5. The quantitative estimate of drug-likeness (QED) is 0.0425. The third kappa shape index (κ3) is 6.83. The highest BCUT2D eigenvalue weighted by Gasteiger charge is 2.54. The molecule has 19 heteroatoms. The molecule has 0 saturated carbocycles. The molecule has 236 valence electrons. The lowest BCUT2D eigenvalue weighted by molar-refractivity contribution is -0.723. The molecular weight excluding hydrogens is 635 g/mol. The van der Waals surface area contributed by atoms with Gasteiger partial charge in [-0.05, 0) is 37.6 Å². The number of nitrogen functional groups attached to an aromatic ring is 3. The molecule has 9 N–H and O–H groups in total. The fourth-order valence-electron chi connectivity index (χ4n) is 4.15. The average molecular weight is 667 g/mol. The molecule has 1 fully saturated rings. The molecule has 2 aromatic rings. The van der Waals surface area contributed by atoms with Gasteiger partial charge in [-0.1, -0.05) is 23.5 Å². The van der Waals surface area contributed by atoms with E-state index in [4.69, 9.17) is 22.0 Å². The van der Waals surface area contributed by atoms with E-state index in [1.807, 2.05) is 11.5 Å². The van der Waals surface area contributed by atoms with Crippen molar-refractivity contribution in [2.75, 3.05) is 28.7 Å². The summed E-state index contributed by atoms with van der Waals surface area (Å²) >= 11 is 3.58. The van der Waals surface area contributed by atoms with Gasteiger partial charge in [0.25, 0.3) is 11.8 Å². The molecule has 0 radical (unpaired) electrons. The SMILES string of the molecule is CCCC[n+]1c(N)cc(N)nc1SCC1=C(C(=O)O)N2C(=O)[C@@H](NC(=O)/C(=N/OC(C)(C)C(=O)O)c3csc(N)n3)[C@H]2SC1. The minimum Gasteiger partial charge on any atom is -0.478 e. The number of rotatable bonds is 13. The van der Waals surface area contributed by atoms with Gasteiger partial charge in [-0.3, -0.25) is 14.5 Å². The van der Waals surface area contributed by atoms with Crippen LogP contribution in [0.25, 0.3) is 0 Å². The second kappa shape index (κ2) is 13.3. The fraction of sp³-hybridized carbons (Fsp3) is 0.440. The zero-order valence-electron chi connectivity index (χ0n) is 24.0. The van der Waals surface area contributed by atoms with Crippen molar-refractivity contribution in [3.05, 3.63) is 28.4 Å². The molecule has 0 aliphatic carbocycles. The van der Waals surface area contributed by atoms with Crippen molar-refractivity contribution in [1.82, 2.24) is 20.2 Å². The first kappa shape index (κ1) is 32.8. The van der Waals surface area contributed by atoms with Gasteiger partial charge in [0.05, 0.1) is 12.6 Å². The molecule has 2 aliphatic heterocycles. The summed E-state index contributed by atoms with van der Waals surface area (Å²) in [7, 11) is 0. The van der Waals surface area contributed by atoms with E-state index in [1.54, 1.807) is 6.07 Å². The molecule has 44 heavy (non-hydrogen) atoms. The number of anilines is 3. The predicted octanol–water partition coefficient (Wildman–Crippen LogP) is 0.487. The maximum Gasteiger partial charge on any atom is 0.352 e. The number of amides is 2. The number of fused-ring (bicyclic) bond motifs is 1. The van der Waals surface area contributed by atoms with Gasteiger partial charge in [0.15, 0.2) is 10.8 Å². The standard InChI is InChI=1S/C25H31N9O7S3/c1-4-5-6-33-14(27)7-13(26)30-24(33)44-9-11-8-42-20-16(19(36)34(20)17(11)21(37)38)31-18(35)15(12-10-43-23(28)29-12)32-41-25(2,3)22(39)40/h7,10,16,20H,4-6,8-9H2,1-3H3,(H8,26,27,28,29,31,35,37,38,39,40)/p+1/b32-15+/t16-,20-/m1/s1. The van der Waals surface area contributed by atoms with Crippen molar-refractivity contribution in [2.45, 2.75) is 62.3 Å². The fourth-order valence-corrected chi connectivity index (χ4v) is 7.24. The summed E-state index contributed by atoms with van der Waals surface area (Å²) in [5.41, 5.74) is 16.0. The van der Waals surface area contributed by atoms with E-state index in [0.29, 0.717) is 23.1 Å². The van der Waals surface area contributed by atoms with Crippen LogP contribution < -0.4 is 27.1 Å². The van der Waals surface area contributed by atoms with Crippen molar-refractivity contribution in [2.24, 2.45) is 5.16 Å². The van der Waals surface area contributed by atoms with Crippen LogP contribution in [-0.2, 0) is 30.6 Å². The molecular formula is C25H32N9O7S3+. The minimum absolute atomic E-state index is 0.0171.